The van der Waals surface area contributed by atoms with Crippen molar-refractivity contribution in [1.29, 1.82) is 0 Å². The number of hydrogen-bond acceptors (Lipinski definition) is 3. The van der Waals surface area contributed by atoms with Crippen molar-refractivity contribution in [2.75, 3.05) is 18.1 Å². The van der Waals surface area contributed by atoms with Gasteiger partial charge in [-0.25, -0.2) is 4.98 Å². The molecule has 0 aliphatic carbocycles. The van der Waals surface area contributed by atoms with Gasteiger partial charge in [0.05, 0.1) is 12.4 Å². The fraction of sp³-hybridized carbons (Fsp3) is 0.625. The smallest absolute Gasteiger partial charge is 0.0951 e. The molecular weight excluding hydrogens is 170 g/mol. The van der Waals surface area contributed by atoms with Crippen LogP contribution in [-0.2, 0) is 6.42 Å². The molecule has 1 aliphatic rings. The van der Waals surface area contributed by atoms with Gasteiger partial charge < -0.3 is 10.3 Å². The zero-order valence-corrected chi connectivity index (χ0v) is 7.76. The van der Waals surface area contributed by atoms with E-state index in [0.717, 1.165) is 6.42 Å². The third-order valence-corrected chi connectivity index (χ3v) is 3.40. The topological polar surface area (TPSA) is 43.8 Å². The van der Waals surface area contributed by atoms with E-state index in [1.165, 1.54) is 17.2 Å². The second-order valence-corrected chi connectivity index (χ2v) is 4.10. The van der Waals surface area contributed by atoms with Crippen LogP contribution in [0.5, 0.6) is 0 Å². The Hall–Kier alpha value is -0.480. The standard InChI is InChI=1S/C8H13N3S/c9-2-1-7-3-10-6-11(7)8-4-12-5-8/h3,6,8H,1-2,4-5,9H2. The predicted octanol–water partition coefficient (Wildman–Crippen LogP) is 0.672. The first-order chi connectivity index (χ1) is 5.92. The van der Waals surface area contributed by atoms with Gasteiger partial charge >= 0.3 is 0 Å². The molecular formula is C8H13N3S. The van der Waals surface area contributed by atoms with E-state index in [9.17, 15) is 0 Å². The third-order valence-electron chi connectivity index (χ3n) is 2.16. The maximum absolute atomic E-state index is 5.50. The summed E-state index contributed by atoms with van der Waals surface area (Å²) in [7, 11) is 0. The van der Waals surface area contributed by atoms with Crippen molar-refractivity contribution in [3.63, 3.8) is 0 Å². The first-order valence-electron chi connectivity index (χ1n) is 4.20. The molecule has 2 heterocycles. The SMILES string of the molecule is NCCc1cncn1C1CSC1. The fourth-order valence-electron chi connectivity index (χ4n) is 1.39. The molecule has 1 saturated heterocycles. The Morgan fingerprint density at radius 3 is 3.08 bits per heavy atom. The molecule has 1 aromatic rings. The molecule has 0 amide bonds. The lowest BCUT2D eigenvalue weighted by atomic mass is 10.3. The zero-order valence-electron chi connectivity index (χ0n) is 6.94. The van der Waals surface area contributed by atoms with Gasteiger partial charge in [0, 0.05) is 29.8 Å². The van der Waals surface area contributed by atoms with E-state index < -0.39 is 0 Å². The average molecular weight is 183 g/mol. The van der Waals surface area contributed by atoms with Crippen molar-refractivity contribution < 1.29 is 0 Å². The minimum absolute atomic E-state index is 0.680. The Bertz CT molecular complexity index is 255. The normalized spacial score (nSPS) is 17.8. The molecule has 66 valence electrons. The number of thioether (sulfide) groups is 1. The summed E-state index contributed by atoms with van der Waals surface area (Å²) in [5.74, 6) is 2.46. The minimum atomic E-state index is 0.680. The molecule has 2 N–H and O–H groups in total. The highest BCUT2D eigenvalue weighted by molar-refractivity contribution is 8.00. The number of aromatic nitrogens is 2. The molecule has 0 saturated carbocycles. The molecule has 1 aromatic heterocycles. The molecule has 4 heteroatoms. The molecule has 0 bridgehead atoms. The van der Waals surface area contributed by atoms with Crippen LogP contribution in [0.2, 0.25) is 0 Å². The van der Waals surface area contributed by atoms with Gasteiger partial charge in [-0.1, -0.05) is 0 Å². The number of hydrogen-bond donors (Lipinski definition) is 1. The van der Waals surface area contributed by atoms with Gasteiger partial charge in [-0.3, -0.25) is 0 Å². The van der Waals surface area contributed by atoms with Crippen LogP contribution in [0.25, 0.3) is 0 Å². The molecule has 0 aromatic carbocycles. The molecule has 2 rings (SSSR count). The maximum atomic E-state index is 5.50. The molecule has 1 aliphatic heterocycles. The van der Waals surface area contributed by atoms with Crippen LogP contribution in [0.3, 0.4) is 0 Å². The Morgan fingerprint density at radius 1 is 1.67 bits per heavy atom. The summed E-state index contributed by atoms with van der Waals surface area (Å²) >= 11 is 1.99. The first-order valence-corrected chi connectivity index (χ1v) is 5.36. The molecule has 0 radical (unpaired) electrons. The lowest BCUT2D eigenvalue weighted by molar-refractivity contribution is 0.567. The second kappa shape index (κ2) is 3.49. The van der Waals surface area contributed by atoms with Crippen molar-refractivity contribution in [3.05, 3.63) is 18.2 Å². The molecule has 0 spiro atoms. The number of nitrogens with two attached hydrogens (primary N) is 1. The number of imidazole rings is 1. The summed E-state index contributed by atoms with van der Waals surface area (Å²) < 4.78 is 2.27. The van der Waals surface area contributed by atoms with E-state index in [4.69, 9.17) is 5.73 Å². The molecule has 0 unspecified atom stereocenters. The van der Waals surface area contributed by atoms with E-state index in [1.807, 2.05) is 24.3 Å². The van der Waals surface area contributed by atoms with Gasteiger partial charge in [-0.15, -0.1) is 0 Å². The van der Waals surface area contributed by atoms with Crippen molar-refractivity contribution >= 4 is 11.8 Å². The van der Waals surface area contributed by atoms with E-state index >= 15 is 0 Å². The first kappa shape index (κ1) is 8.13. The molecule has 12 heavy (non-hydrogen) atoms. The van der Waals surface area contributed by atoms with Gasteiger partial charge in [0.2, 0.25) is 0 Å². The Morgan fingerprint density at radius 2 is 2.50 bits per heavy atom. The molecule has 0 atom stereocenters. The monoisotopic (exact) mass is 183 g/mol. The van der Waals surface area contributed by atoms with Crippen LogP contribution >= 0.6 is 11.8 Å². The van der Waals surface area contributed by atoms with E-state index in [2.05, 4.69) is 9.55 Å². The number of nitrogens with zero attached hydrogens (tertiary/aromatic N) is 2. The van der Waals surface area contributed by atoms with E-state index in [1.54, 1.807) is 0 Å². The van der Waals surface area contributed by atoms with Gasteiger partial charge in [-0.05, 0) is 6.54 Å². The summed E-state index contributed by atoms with van der Waals surface area (Å²) in [6, 6.07) is 0.680. The average Bonchev–Trinajstić information content (AvgIpc) is 2.35. The summed E-state index contributed by atoms with van der Waals surface area (Å²) in [6.07, 6.45) is 4.80. The van der Waals surface area contributed by atoms with Crippen LogP contribution < -0.4 is 5.73 Å². The van der Waals surface area contributed by atoms with Crippen LogP contribution in [0.4, 0.5) is 0 Å². The van der Waals surface area contributed by atoms with Crippen molar-refractivity contribution in [2.24, 2.45) is 5.73 Å². The second-order valence-electron chi connectivity index (χ2n) is 3.02. The highest BCUT2D eigenvalue weighted by atomic mass is 32.2. The lowest BCUT2D eigenvalue weighted by Crippen LogP contribution is -2.24. The van der Waals surface area contributed by atoms with Gasteiger partial charge in [0.1, 0.15) is 0 Å². The van der Waals surface area contributed by atoms with Crippen LogP contribution in [-0.4, -0.2) is 27.6 Å². The molecule has 1 fully saturated rings. The Labute approximate surface area is 76.4 Å². The zero-order chi connectivity index (χ0) is 8.39. The quantitative estimate of drug-likeness (QED) is 0.749. The maximum Gasteiger partial charge on any atom is 0.0951 e. The highest BCUT2D eigenvalue weighted by Gasteiger charge is 2.21. The lowest BCUT2D eigenvalue weighted by Gasteiger charge is -2.27. The van der Waals surface area contributed by atoms with Gasteiger partial charge in [0.15, 0.2) is 0 Å². The van der Waals surface area contributed by atoms with Crippen molar-refractivity contribution in [1.82, 2.24) is 9.55 Å². The largest absolute Gasteiger partial charge is 0.330 e. The Balaban J connectivity index is 2.12. The van der Waals surface area contributed by atoms with Crippen LogP contribution in [0.15, 0.2) is 12.5 Å². The highest BCUT2D eigenvalue weighted by Crippen LogP contribution is 2.29. The Kier molecular flexibility index (Phi) is 2.37. The van der Waals surface area contributed by atoms with E-state index in [0.29, 0.717) is 12.6 Å². The van der Waals surface area contributed by atoms with Gasteiger partial charge in [0.25, 0.3) is 0 Å². The summed E-state index contributed by atoms with van der Waals surface area (Å²) in [4.78, 5) is 4.14. The van der Waals surface area contributed by atoms with Crippen molar-refractivity contribution in [2.45, 2.75) is 12.5 Å². The number of rotatable bonds is 3. The summed E-state index contributed by atoms with van der Waals surface area (Å²) in [6.45, 7) is 0.714. The summed E-state index contributed by atoms with van der Waals surface area (Å²) in [5.41, 5.74) is 6.78. The van der Waals surface area contributed by atoms with Crippen LogP contribution in [0, 0.1) is 0 Å². The fourth-order valence-corrected chi connectivity index (χ4v) is 2.15. The predicted molar refractivity (Wildman–Crippen MR) is 51.3 cm³/mol. The third kappa shape index (κ3) is 1.36. The van der Waals surface area contributed by atoms with Crippen LogP contribution in [0.1, 0.15) is 11.7 Å². The van der Waals surface area contributed by atoms with E-state index in [-0.39, 0.29) is 0 Å². The minimum Gasteiger partial charge on any atom is -0.330 e. The van der Waals surface area contributed by atoms with Crippen molar-refractivity contribution in [3.8, 4) is 0 Å². The van der Waals surface area contributed by atoms with Gasteiger partial charge in [-0.2, -0.15) is 11.8 Å². The molecule has 3 nitrogen and oxygen atoms in total. The summed E-state index contributed by atoms with van der Waals surface area (Å²) in [5, 5.41) is 0.